The van der Waals surface area contributed by atoms with Crippen LogP contribution in [0, 0.1) is 0 Å². The molecule has 2 aromatic rings. The molecule has 0 N–H and O–H groups in total. The van der Waals surface area contributed by atoms with E-state index in [0.717, 1.165) is 16.7 Å². The van der Waals surface area contributed by atoms with E-state index in [1.165, 1.54) is 7.11 Å². The van der Waals surface area contributed by atoms with Gasteiger partial charge in [0.05, 0.1) is 12.9 Å². The van der Waals surface area contributed by atoms with Gasteiger partial charge in [-0.1, -0.05) is 48.0 Å². The Morgan fingerprint density at radius 2 is 1.87 bits per heavy atom. The molecule has 3 rings (SSSR count). The van der Waals surface area contributed by atoms with E-state index in [9.17, 15) is 13.2 Å². The van der Waals surface area contributed by atoms with Crippen LogP contribution in [0.15, 0.2) is 48.5 Å². The Morgan fingerprint density at radius 3 is 2.55 bits per heavy atom. The van der Waals surface area contributed by atoms with E-state index in [4.69, 9.17) is 16.3 Å². The van der Waals surface area contributed by atoms with Gasteiger partial charge in [-0.2, -0.15) is 4.31 Å². The molecule has 1 heterocycles. The predicted molar refractivity (Wildman–Crippen MR) is 122 cm³/mol. The van der Waals surface area contributed by atoms with Crippen molar-refractivity contribution in [2.75, 3.05) is 26.7 Å². The lowest BCUT2D eigenvalue weighted by atomic mass is 10.0. The molecule has 1 aliphatic heterocycles. The highest BCUT2D eigenvalue weighted by molar-refractivity contribution is 7.88. The lowest BCUT2D eigenvalue weighted by molar-refractivity contribution is -0.140. The highest BCUT2D eigenvalue weighted by atomic mass is 35.5. The Hall–Kier alpha value is -1.93. The third-order valence-corrected chi connectivity index (χ3v) is 7.78. The van der Waals surface area contributed by atoms with Crippen LogP contribution < -0.4 is 0 Å². The molecule has 8 heteroatoms. The molecular weight excluding hydrogens is 436 g/mol. The van der Waals surface area contributed by atoms with Crippen LogP contribution in [-0.2, 0) is 38.3 Å². The molecule has 31 heavy (non-hydrogen) atoms. The summed E-state index contributed by atoms with van der Waals surface area (Å²) in [5.41, 5.74) is 2.91. The van der Waals surface area contributed by atoms with E-state index in [0.29, 0.717) is 44.0 Å². The largest absolute Gasteiger partial charge is 0.469 e. The molecule has 0 bridgehead atoms. The average Bonchev–Trinajstić information content (AvgIpc) is 2.73. The Bertz CT molecular complexity index is 998. The van der Waals surface area contributed by atoms with Crippen molar-refractivity contribution in [3.8, 4) is 0 Å². The minimum absolute atomic E-state index is 0.0180. The summed E-state index contributed by atoms with van der Waals surface area (Å²) in [6, 6.07) is 14.9. The normalized spacial score (nSPS) is 18.1. The van der Waals surface area contributed by atoms with Gasteiger partial charge in [0.2, 0.25) is 10.0 Å². The zero-order valence-corrected chi connectivity index (χ0v) is 19.5. The fourth-order valence-corrected chi connectivity index (χ4v) is 5.96. The van der Waals surface area contributed by atoms with E-state index < -0.39 is 10.0 Å². The van der Waals surface area contributed by atoms with E-state index in [-0.39, 0.29) is 17.8 Å². The Morgan fingerprint density at radius 1 is 1.13 bits per heavy atom. The first-order chi connectivity index (χ1) is 14.8. The molecule has 0 saturated carbocycles. The van der Waals surface area contributed by atoms with Gasteiger partial charge in [0.1, 0.15) is 0 Å². The number of ether oxygens (including phenoxy) is 1. The molecule has 168 valence electrons. The monoisotopic (exact) mass is 464 g/mol. The van der Waals surface area contributed by atoms with Gasteiger partial charge in [0.15, 0.2) is 0 Å². The summed E-state index contributed by atoms with van der Waals surface area (Å²) >= 11 is 6.22. The molecule has 0 amide bonds. The van der Waals surface area contributed by atoms with E-state index in [2.05, 4.69) is 4.90 Å². The standard InChI is InChI=1S/C23H29ClN2O4S/c1-18-15-25(12-13-26(18)31(28,29)17-19-6-4-3-5-7-19)16-21-14-22(24)10-8-20(21)9-11-23(27)30-2/h3-8,10,14,18H,9,11-13,15-17H2,1-2H3/t18-/m0/s1. The van der Waals surface area contributed by atoms with Crippen molar-refractivity contribution < 1.29 is 17.9 Å². The highest BCUT2D eigenvalue weighted by Crippen LogP contribution is 2.23. The molecule has 0 aromatic heterocycles. The number of benzene rings is 2. The van der Waals surface area contributed by atoms with Gasteiger partial charge in [-0.05, 0) is 42.2 Å². The van der Waals surface area contributed by atoms with E-state index >= 15 is 0 Å². The number of aryl methyl sites for hydroxylation is 1. The fourth-order valence-electron chi connectivity index (χ4n) is 4.01. The summed E-state index contributed by atoms with van der Waals surface area (Å²) in [5.74, 6) is -0.226. The number of rotatable bonds is 8. The lowest BCUT2D eigenvalue weighted by Gasteiger charge is -2.39. The van der Waals surface area contributed by atoms with Gasteiger partial charge in [-0.15, -0.1) is 0 Å². The van der Waals surface area contributed by atoms with Crippen LogP contribution in [0.1, 0.15) is 30.0 Å². The molecule has 1 atom stereocenters. The van der Waals surface area contributed by atoms with Crippen LogP contribution >= 0.6 is 11.6 Å². The maximum absolute atomic E-state index is 13.0. The highest BCUT2D eigenvalue weighted by Gasteiger charge is 2.32. The van der Waals surface area contributed by atoms with Crippen LogP contribution in [0.3, 0.4) is 0 Å². The zero-order chi connectivity index (χ0) is 22.4. The molecule has 1 fully saturated rings. The number of methoxy groups -OCH3 is 1. The van der Waals surface area contributed by atoms with Crippen LogP contribution in [0.2, 0.25) is 5.02 Å². The number of hydrogen-bond donors (Lipinski definition) is 0. The second-order valence-electron chi connectivity index (χ2n) is 7.93. The molecule has 6 nitrogen and oxygen atoms in total. The Balaban J connectivity index is 1.65. The fraction of sp³-hybridized carbons (Fsp3) is 0.435. The Kier molecular flexibility index (Phi) is 8.11. The smallest absolute Gasteiger partial charge is 0.305 e. The van der Waals surface area contributed by atoms with E-state index in [1.807, 2.05) is 55.5 Å². The third-order valence-electron chi connectivity index (χ3n) is 5.59. The van der Waals surface area contributed by atoms with Gasteiger partial charge >= 0.3 is 5.97 Å². The minimum Gasteiger partial charge on any atom is -0.469 e. The molecule has 1 saturated heterocycles. The lowest BCUT2D eigenvalue weighted by Crippen LogP contribution is -2.53. The summed E-state index contributed by atoms with van der Waals surface area (Å²) in [6.07, 6.45) is 0.896. The van der Waals surface area contributed by atoms with Crippen molar-refractivity contribution in [3.63, 3.8) is 0 Å². The summed E-state index contributed by atoms with van der Waals surface area (Å²) in [6.45, 7) is 4.34. The minimum atomic E-state index is -3.38. The Labute approximate surface area is 189 Å². The van der Waals surface area contributed by atoms with Gasteiger partial charge in [0.25, 0.3) is 0 Å². The number of nitrogens with zero attached hydrogens (tertiary/aromatic N) is 2. The quantitative estimate of drug-likeness (QED) is 0.559. The second kappa shape index (κ2) is 10.6. The van der Waals surface area contributed by atoms with Gasteiger partial charge in [-0.3, -0.25) is 9.69 Å². The third kappa shape index (κ3) is 6.53. The first kappa shape index (κ1) is 23.7. The summed E-state index contributed by atoms with van der Waals surface area (Å²) in [4.78, 5) is 13.8. The molecule has 0 aliphatic carbocycles. The number of sulfonamides is 1. The van der Waals surface area contributed by atoms with Crippen molar-refractivity contribution in [3.05, 3.63) is 70.2 Å². The first-order valence-electron chi connectivity index (χ1n) is 10.4. The zero-order valence-electron chi connectivity index (χ0n) is 18.0. The number of hydrogen-bond acceptors (Lipinski definition) is 5. The van der Waals surface area contributed by atoms with Gasteiger partial charge in [0, 0.05) is 43.7 Å². The first-order valence-corrected chi connectivity index (χ1v) is 12.4. The second-order valence-corrected chi connectivity index (χ2v) is 10.3. The summed E-state index contributed by atoms with van der Waals surface area (Å²) in [7, 11) is -2.00. The topological polar surface area (TPSA) is 66.9 Å². The number of carbonyl (C=O) groups is 1. The average molecular weight is 465 g/mol. The SMILES string of the molecule is COC(=O)CCc1ccc(Cl)cc1CN1CCN(S(=O)(=O)Cc2ccccc2)[C@@H](C)C1. The van der Waals surface area contributed by atoms with Crippen molar-refractivity contribution >= 4 is 27.6 Å². The van der Waals surface area contributed by atoms with Crippen molar-refractivity contribution in [1.82, 2.24) is 9.21 Å². The van der Waals surface area contributed by atoms with Crippen molar-refractivity contribution in [2.24, 2.45) is 0 Å². The molecule has 1 aliphatic rings. The summed E-state index contributed by atoms with van der Waals surface area (Å²) < 4.78 is 32.3. The summed E-state index contributed by atoms with van der Waals surface area (Å²) in [5, 5.41) is 0.647. The maximum Gasteiger partial charge on any atom is 0.305 e. The number of halogens is 1. The molecule has 0 spiro atoms. The van der Waals surface area contributed by atoms with Crippen molar-refractivity contribution in [2.45, 2.75) is 38.1 Å². The van der Waals surface area contributed by atoms with Crippen LogP contribution in [0.25, 0.3) is 0 Å². The van der Waals surface area contributed by atoms with Gasteiger partial charge in [-0.25, -0.2) is 8.42 Å². The van der Waals surface area contributed by atoms with Crippen LogP contribution in [-0.4, -0.2) is 56.4 Å². The molecule has 0 unspecified atom stereocenters. The molecular formula is C23H29ClN2O4S. The van der Waals surface area contributed by atoms with Crippen LogP contribution in [0.4, 0.5) is 0 Å². The van der Waals surface area contributed by atoms with Crippen molar-refractivity contribution in [1.29, 1.82) is 0 Å². The molecule has 0 radical (unpaired) electrons. The predicted octanol–water partition coefficient (Wildman–Crippen LogP) is 3.48. The van der Waals surface area contributed by atoms with Gasteiger partial charge < -0.3 is 4.74 Å². The van der Waals surface area contributed by atoms with Crippen LogP contribution in [0.5, 0.6) is 0 Å². The number of carbonyl (C=O) groups excluding carboxylic acids is 1. The molecule has 2 aromatic carbocycles. The number of esters is 1. The van der Waals surface area contributed by atoms with E-state index in [1.54, 1.807) is 4.31 Å². The maximum atomic E-state index is 13.0. The number of piperazine rings is 1.